The van der Waals surface area contributed by atoms with Crippen LogP contribution in [0.4, 0.5) is 0 Å². The summed E-state index contributed by atoms with van der Waals surface area (Å²) in [5.41, 5.74) is 1.89. The monoisotopic (exact) mass is 306 g/mol. The Bertz CT molecular complexity index is 451. The van der Waals surface area contributed by atoms with Gasteiger partial charge in [-0.1, -0.05) is 36.4 Å². The number of hydrogen-bond acceptors (Lipinski definition) is 4. The van der Waals surface area contributed by atoms with E-state index < -0.39 is 12.6 Å². The van der Waals surface area contributed by atoms with E-state index in [0.29, 0.717) is 24.7 Å². The van der Waals surface area contributed by atoms with Crippen LogP contribution in [-0.2, 0) is 9.47 Å². The number of benzene rings is 1. The summed E-state index contributed by atoms with van der Waals surface area (Å²) in [6.45, 7) is 16.0. The third-order valence-corrected chi connectivity index (χ3v) is 2.56. The second-order valence-corrected chi connectivity index (χ2v) is 5.35. The van der Waals surface area contributed by atoms with Crippen LogP contribution in [0.2, 0.25) is 0 Å². The van der Waals surface area contributed by atoms with Crippen LogP contribution in [0.5, 0.6) is 11.5 Å². The summed E-state index contributed by atoms with van der Waals surface area (Å²) >= 11 is 0. The van der Waals surface area contributed by atoms with Crippen molar-refractivity contribution in [1.29, 1.82) is 0 Å². The van der Waals surface area contributed by atoms with Gasteiger partial charge in [-0.05, 0) is 39.8 Å². The van der Waals surface area contributed by atoms with Gasteiger partial charge in [0.2, 0.25) is 0 Å². The molecule has 122 valence electrons. The van der Waals surface area contributed by atoms with E-state index in [9.17, 15) is 0 Å². The van der Waals surface area contributed by atoms with E-state index in [1.165, 1.54) is 0 Å². The van der Waals surface area contributed by atoms with Crippen LogP contribution in [0, 0.1) is 0 Å². The number of para-hydroxylation sites is 2. The first kappa shape index (κ1) is 18.3. The second-order valence-electron chi connectivity index (χ2n) is 5.35. The Morgan fingerprint density at radius 3 is 1.55 bits per heavy atom. The maximum absolute atomic E-state index is 5.76. The molecule has 22 heavy (non-hydrogen) atoms. The quantitative estimate of drug-likeness (QED) is 0.476. The first-order valence-corrected chi connectivity index (χ1v) is 7.32. The molecule has 4 nitrogen and oxygen atoms in total. The fraction of sp³-hybridized carbons (Fsp3) is 0.444. The Balaban J connectivity index is 2.61. The van der Waals surface area contributed by atoms with Gasteiger partial charge in [-0.3, -0.25) is 0 Å². The van der Waals surface area contributed by atoms with E-state index >= 15 is 0 Å². The van der Waals surface area contributed by atoms with E-state index in [2.05, 4.69) is 13.2 Å². The maximum atomic E-state index is 5.76. The normalized spacial score (nSPS) is 13.3. The molecule has 0 amide bonds. The molecule has 0 fully saturated rings. The van der Waals surface area contributed by atoms with E-state index in [1.54, 1.807) is 0 Å². The van der Waals surface area contributed by atoms with Crippen LogP contribution in [0.3, 0.4) is 0 Å². The molecule has 0 spiro atoms. The smallest absolute Gasteiger partial charge is 0.197 e. The molecular weight excluding hydrogens is 280 g/mol. The SMILES string of the molecule is C=C(C)COC(C)Oc1ccccc1OC(C)OCC(=C)C. The van der Waals surface area contributed by atoms with Crippen LogP contribution in [0.15, 0.2) is 48.6 Å². The Morgan fingerprint density at radius 1 is 0.864 bits per heavy atom. The largest absolute Gasteiger partial charge is 0.461 e. The zero-order valence-corrected chi connectivity index (χ0v) is 13.9. The van der Waals surface area contributed by atoms with Crippen molar-refractivity contribution in [3.63, 3.8) is 0 Å². The summed E-state index contributed by atoms with van der Waals surface area (Å²) in [7, 11) is 0. The molecule has 0 aliphatic carbocycles. The van der Waals surface area contributed by atoms with Gasteiger partial charge in [0, 0.05) is 0 Å². The van der Waals surface area contributed by atoms with E-state index in [1.807, 2.05) is 52.0 Å². The molecule has 0 heterocycles. The van der Waals surface area contributed by atoms with Crippen molar-refractivity contribution in [2.45, 2.75) is 40.3 Å². The molecule has 0 N–H and O–H groups in total. The van der Waals surface area contributed by atoms with E-state index in [0.717, 1.165) is 11.1 Å². The number of ether oxygens (including phenoxy) is 4. The first-order chi connectivity index (χ1) is 10.4. The van der Waals surface area contributed by atoms with Crippen molar-refractivity contribution >= 4 is 0 Å². The third kappa shape index (κ3) is 7.29. The fourth-order valence-electron chi connectivity index (χ4n) is 1.59. The van der Waals surface area contributed by atoms with Gasteiger partial charge in [0.25, 0.3) is 0 Å². The van der Waals surface area contributed by atoms with Crippen molar-refractivity contribution in [3.05, 3.63) is 48.6 Å². The molecule has 4 heteroatoms. The summed E-state index contributed by atoms with van der Waals surface area (Å²) in [6.07, 6.45) is -0.791. The van der Waals surface area contributed by atoms with Gasteiger partial charge in [0.05, 0.1) is 13.2 Å². The van der Waals surface area contributed by atoms with Gasteiger partial charge in [0.15, 0.2) is 24.1 Å². The molecule has 0 aliphatic rings. The van der Waals surface area contributed by atoms with Crippen molar-refractivity contribution in [2.24, 2.45) is 0 Å². The highest BCUT2D eigenvalue weighted by molar-refractivity contribution is 5.39. The minimum absolute atomic E-state index is 0.395. The molecule has 2 atom stereocenters. The molecule has 1 rings (SSSR count). The summed E-state index contributed by atoms with van der Waals surface area (Å²) in [6, 6.07) is 7.43. The number of hydrogen-bond donors (Lipinski definition) is 0. The van der Waals surface area contributed by atoms with Gasteiger partial charge in [-0.25, -0.2) is 0 Å². The van der Waals surface area contributed by atoms with Gasteiger partial charge >= 0.3 is 0 Å². The Morgan fingerprint density at radius 2 is 1.23 bits per heavy atom. The summed E-state index contributed by atoms with van der Waals surface area (Å²) in [5, 5.41) is 0. The lowest BCUT2D eigenvalue weighted by Crippen LogP contribution is -2.20. The van der Waals surface area contributed by atoms with Crippen LogP contribution < -0.4 is 9.47 Å². The van der Waals surface area contributed by atoms with Crippen molar-refractivity contribution in [1.82, 2.24) is 0 Å². The molecular formula is C18H26O4. The summed E-state index contributed by atoms with van der Waals surface area (Å²) in [5.74, 6) is 1.23. The fourth-order valence-corrected chi connectivity index (χ4v) is 1.59. The predicted molar refractivity (Wildman–Crippen MR) is 88.2 cm³/mol. The molecule has 0 aromatic heterocycles. The van der Waals surface area contributed by atoms with Crippen LogP contribution in [0.25, 0.3) is 0 Å². The molecule has 0 radical (unpaired) electrons. The van der Waals surface area contributed by atoms with Gasteiger partial charge in [-0.2, -0.15) is 0 Å². The Hall–Kier alpha value is -1.78. The number of rotatable bonds is 10. The van der Waals surface area contributed by atoms with Crippen molar-refractivity contribution < 1.29 is 18.9 Å². The minimum Gasteiger partial charge on any atom is -0.461 e. The first-order valence-electron chi connectivity index (χ1n) is 7.32. The molecule has 0 bridgehead atoms. The molecule has 0 aliphatic heterocycles. The minimum atomic E-state index is -0.395. The zero-order valence-electron chi connectivity index (χ0n) is 13.9. The van der Waals surface area contributed by atoms with Crippen molar-refractivity contribution in [3.8, 4) is 11.5 Å². The van der Waals surface area contributed by atoms with Crippen molar-refractivity contribution in [2.75, 3.05) is 13.2 Å². The Kier molecular flexibility index (Phi) is 7.71. The lowest BCUT2D eigenvalue weighted by molar-refractivity contribution is -0.0727. The third-order valence-electron chi connectivity index (χ3n) is 2.56. The van der Waals surface area contributed by atoms with E-state index in [4.69, 9.17) is 18.9 Å². The lowest BCUT2D eigenvalue weighted by atomic mass is 10.3. The highest BCUT2D eigenvalue weighted by Gasteiger charge is 2.12. The average molecular weight is 306 g/mol. The van der Waals surface area contributed by atoms with Gasteiger partial charge < -0.3 is 18.9 Å². The molecule has 0 saturated heterocycles. The van der Waals surface area contributed by atoms with Crippen LogP contribution in [-0.4, -0.2) is 25.8 Å². The predicted octanol–water partition coefficient (Wildman–Crippen LogP) is 4.32. The Labute approximate surface area is 133 Å². The van der Waals surface area contributed by atoms with Crippen LogP contribution >= 0.6 is 0 Å². The zero-order chi connectivity index (χ0) is 16.5. The maximum Gasteiger partial charge on any atom is 0.197 e. The van der Waals surface area contributed by atoms with E-state index in [-0.39, 0.29) is 0 Å². The molecule has 2 unspecified atom stereocenters. The topological polar surface area (TPSA) is 36.9 Å². The van der Waals surface area contributed by atoms with Gasteiger partial charge in [-0.15, -0.1) is 0 Å². The average Bonchev–Trinajstić information content (AvgIpc) is 2.45. The lowest BCUT2D eigenvalue weighted by Gasteiger charge is -2.20. The molecule has 1 aromatic carbocycles. The molecule has 1 aromatic rings. The second kappa shape index (κ2) is 9.28. The van der Waals surface area contributed by atoms with Gasteiger partial charge in [0.1, 0.15) is 0 Å². The van der Waals surface area contributed by atoms with Crippen LogP contribution in [0.1, 0.15) is 27.7 Å². The highest BCUT2D eigenvalue weighted by atomic mass is 16.7. The summed E-state index contributed by atoms with van der Waals surface area (Å²) < 4.78 is 22.6. The standard InChI is InChI=1S/C18H26O4/c1-13(2)11-19-15(5)21-17-9-7-8-10-18(17)22-16(6)20-12-14(3)4/h7-10,15-16H,1,3,11-12H2,2,4-6H3. The molecule has 0 saturated carbocycles. The highest BCUT2D eigenvalue weighted by Crippen LogP contribution is 2.28. The summed E-state index contributed by atoms with van der Waals surface area (Å²) in [4.78, 5) is 0.